The van der Waals surface area contributed by atoms with Crippen LogP contribution in [0.2, 0.25) is 0 Å². The molecule has 5 heteroatoms. The van der Waals surface area contributed by atoms with Crippen molar-refractivity contribution in [3.05, 3.63) is 0 Å². The van der Waals surface area contributed by atoms with Crippen molar-refractivity contribution in [3.63, 3.8) is 0 Å². The molecule has 3 unspecified atom stereocenters. The first-order valence-corrected chi connectivity index (χ1v) is 6.18. The second-order valence-electron chi connectivity index (χ2n) is 4.49. The van der Waals surface area contributed by atoms with Gasteiger partial charge in [-0.2, -0.15) is 0 Å². The van der Waals surface area contributed by atoms with Crippen molar-refractivity contribution in [1.29, 1.82) is 0 Å². The van der Waals surface area contributed by atoms with Crippen LogP contribution in [0.1, 0.15) is 33.1 Å². The SMILES string of the molecule is CCOC(C)CNC(=O)C1CCCC1C(=O)O. The molecule has 0 heterocycles. The van der Waals surface area contributed by atoms with Gasteiger partial charge in [0, 0.05) is 13.2 Å². The molecule has 1 fully saturated rings. The smallest absolute Gasteiger partial charge is 0.307 e. The van der Waals surface area contributed by atoms with Crippen LogP contribution in [0, 0.1) is 11.8 Å². The summed E-state index contributed by atoms with van der Waals surface area (Å²) in [6, 6.07) is 0. The Labute approximate surface area is 102 Å². The van der Waals surface area contributed by atoms with Crippen molar-refractivity contribution in [1.82, 2.24) is 5.32 Å². The van der Waals surface area contributed by atoms with Crippen LogP contribution in [-0.4, -0.2) is 36.2 Å². The van der Waals surface area contributed by atoms with E-state index in [9.17, 15) is 9.59 Å². The molecule has 5 nitrogen and oxygen atoms in total. The number of nitrogens with one attached hydrogen (secondary N) is 1. The summed E-state index contributed by atoms with van der Waals surface area (Å²) in [6.45, 7) is 4.83. The molecule has 2 N–H and O–H groups in total. The first-order chi connectivity index (χ1) is 8.06. The molecule has 3 atom stereocenters. The van der Waals surface area contributed by atoms with Gasteiger partial charge >= 0.3 is 5.97 Å². The Balaban J connectivity index is 2.39. The number of rotatable bonds is 6. The normalized spacial score (nSPS) is 25.5. The summed E-state index contributed by atoms with van der Waals surface area (Å²) < 4.78 is 5.30. The van der Waals surface area contributed by atoms with Crippen molar-refractivity contribution in [3.8, 4) is 0 Å². The zero-order valence-corrected chi connectivity index (χ0v) is 10.4. The van der Waals surface area contributed by atoms with Crippen molar-refractivity contribution in [2.24, 2.45) is 11.8 Å². The van der Waals surface area contributed by atoms with E-state index in [1.165, 1.54) is 0 Å². The number of aliphatic carboxylic acids is 1. The minimum atomic E-state index is -0.861. The molecule has 1 aliphatic carbocycles. The molecule has 0 spiro atoms. The lowest BCUT2D eigenvalue weighted by Gasteiger charge is -2.18. The van der Waals surface area contributed by atoms with Gasteiger partial charge in [-0.15, -0.1) is 0 Å². The number of carboxylic acids is 1. The lowest BCUT2D eigenvalue weighted by Crippen LogP contribution is -2.39. The predicted octanol–water partition coefficient (Wildman–Crippen LogP) is 1.03. The second-order valence-corrected chi connectivity index (χ2v) is 4.49. The van der Waals surface area contributed by atoms with Crippen LogP contribution < -0.4 is 5.32 Å². The van der Waals surface area contributed by atoms with Gasteiger partial charge in [0.15, 0.2) is 0 Å². The third-order valence-corrected chi connectivity index (χ3v) is 3.18. The summed E-state index contributed by atoms with van der Waals surface area (Å²) in [5, 5.41) is 11.8. The van der Waals surface area contributed by atoms with Gasteiger partial charge in [0.05, 0.1) is 17.9 Å². The molecule has 0 aromatic heterocycles. The summed E-state index contributed by atoms with van der Waals surface area (Å²) in [5.41, 5.74) is 0. The van der Waals surface area contributed by atoms with Crippen molar-refractivity contribution < 1.29 is 19.4 Å². The highest BCUT2D eigenvalue weighted by atomic mass is 16.5. The summed E-state index contributed by atoms with van der Waals surface area (Å²) in [7, 11) is 0. The van der Waals surface area contributed by atoms with E-state index in [2.05, 4.69) is 5.32 Å². The molecule has 1 amide bonds. The summed E-state index contributed by atoms with van der Waals surface area (Å²) >= 11 is 0. The molecular weight excluding hydrogens is 222 g/mol. The Morgan fingerprint density at radius 2 is 2.06 bits per heavy atom. The quantitative estimate of drug-likeness (QED) is 0.730. The van der Waals surface area contributed by atoms with E-state index >= 15 is 0 Å². The fourth-order valence-corrected chi connectivity index (χ4v) is 2.29. The molecule has 0 bridgehead atoms. The monoisotopic (exact) mass is 243 g/mol. The average Bonchev–Trinajstić information content (AvgIpc) is 2.75. The van der Waals surface area contributed by atoms with Gasteiger partial charge < -0.3 is 15.2 Å². The molecule has 1 rings (SSSR count). The van der Waals surface area contributed by atoms with E-state index in [0.717, 1.165) is 6.42 Å². The maximum absolute atomic E-state index is 11.8. The van der Waals surface area contributed by atoms with Crippen LogP contribution in [0.5, 0.6) is 0 Å². The fourth-order valence-electron chi connectivity index (χ4n) is 2.29. The van der Waals surface area contributed by atoms with Crippen LogP contribution in [-0.2, 0) is 14.3 Å². The number of carbonyl (C=O) groups excluding carboxylic acids is 1. The molecule has 0 aromatic carbocycles. The van der Waals surface area contributed by atoms with Crippen LogP contribution in [0.3, 0.4) is 0 Å². The van der Waals surface area contributed by atoms with E-state index in [-0.39, 0.29) is 17.9 Å². The molecular formula is C12H21NO4. The highest BCUT2D eigenvalue weighted by Crippen LogP contribution is 2.31. The number of hydrogen-bond donors (Lipinski definition) is 2. The third-order valence-electron chi connectivity index (χ3n) is 3.18. The Morgan fingerprint density at radius 3 is 2.65 bits per heavy atom. The summed E-state index contributed by atoms with van der Waals surface area (Å²) in [5.74, 6) is -1.90. The minimum absolute atomic E-state index is 0.0337. The average molecular weight is 243 g/mol. The zero-order chi connectivity index (χ0) is 12.8. The van der Waals surface area contributed by atoms with Crippen LogP contribution in [0.4, 0.5) is 0 Å². The first kappa shape index (κ1) is 14.0. The second kappa shape index (κ2) is 6.59. The molecule has 1 saturated carbocycles. The fraction of sp³-hybridized carbons (Fsp3) is 0.833. The maximum Gasteiger partial charge on any atom is 0.307 e. The largest absolute Gasteiger partial charge is 0.481 e. The highest BCUT2D eigenvalue weighted by molar-refractivity contribution is 5.85. The molecule has 0 aliphatic heterocycles. The van der Waals surface area contributed by atoms with Gasteiger partial charge in [-0.25, -0.2) is 0 Å². The van der Waals surface area contributed by atoms with Crippen LogP contribution >= 0.6 is 0 Å². The van der Waals surface area contributed by atoms with Gasteiger partial charge in [-0.05, 0) is 26.7 Å². The molecule has 0 radical (unpaired) electrons. The number of carboxylic acid groups (broad SMARTS) is 1. The summed E-state index contributed by atoms with van der Waals surface area (Å²) in [4.78, 5) is 22.8. The molecule has 98 valence electrons. The minimum Gasteiger partial charge on any atom is -0.481 e. The Morgan fingerprint density at radius 1 is 1.41 bits per heavy atom. The van der Waals surface area contributed by atoms with E-state index in [4.69, 9.17) is 9.84 Å². The van der Waals surface area contributed by atoms with Gasteiger partial charge in [0.1, 0.15) is 0 Å². The number of ether oxygens (including phenoxy) is 1. The van der Waals surface area contributed by atoms with E-state index in [1.807, 2.05) is 13.8 Å². The highest BCUT2D eigenvalue weighted by Gasteiger charge is 2.37. The Bertz CT molecular complexity index is 280. The maximum atomic E-state index is 11.8. The predicted molar refractivity (Wildman–Crippen MR) is 62.6 cm³/mol. The number of hydrogen-bond acceptors (Lipinski definition) is 3. The Kier molecular flexibility index (Phi) is 5.41. The van der Waals surface area contributed by atoms with Crippen molar-refractivity contribution in [2.75, 3.05) is 13.2 Å². The molecule has 17 heavy (non-hydrogen) atoms. The van der Waals surface area contributed by atoms with Crippen LogP contribution in [0.25, 0.3) is 0 Å². The number of amides is 1. The van der Waals surface area contributed by atoms with Crippen molar-refractivity contribution >= 4 is 11.9 Å². The first-order valence-electron chi connectivity index (χ1n) is 6.18. The third kappa shape index (κ3) is 4.00. The van der Waals surface area contributed by atoms with E-state index in [0.29, 0.717) is 26.0 Å². The van der Waals surface area contributed by atoms with Crippen LogP contribution in [0.15, 0.2) is 0 Å². The van der Waals surface area contributed by atoms with E-state index < -0.39 is 11.9 Å². The molecule has 0 aromatic rings. The topological polar surface area (TPSA) is 75.6 Å². The number of carbonyl (C=O) groups is 2. The zero-order valence-electron chi connectivity index (χ0n) is 10.4. The Hall–Kier alpha value is -1.10. The van der Waals surface area contributed by atoms with Gasteiger partial charge in [0.25, 0.3) is 0 Å². The standard InChI is InChI=1S/C12H21NO4/c1-3-17-8(2)7-13-11(14)9-5-4-6-10(9)12(15)16/h8-10H,3-7H2,1-2H3,(H,13,14)(H,15,16). The van der Waals surface area contributed by atoms with E-state index in [1.54, 1.807) is 0 Å². The van der Waals surface area contributed by atoms with Crippen molar-refractivity contribution in [2.45, 2.75) is 39.2 Å². The lowest BCUT2D eigenvalue weighted by molar-refractivity contribution is -0.146. The van der Waals surface area contributed by atoms with Gasteiger partial charge in [0.2, 0.25) is 5.91 Å². The lowest BCUT2D eigenvalue weighted by atomic mass is 9.95. The van der Waals surface area contributed by atoms with Gasteiger partial charge in [-0.3, -0.25) is 9.59 Å². The summed E-state index contributed by atoms with van der Waals surface area (Å²) in [6.07, 6.45) is 2.06. The molecule has 1 aliphatic rings. The molecule has 0 saturated heterocycles. The van der Waals surface area contributed by atoms with Gasteiger partial charge in [-0.1, -0.05) is 6.42 Å².